The maximum atomic E-state index is 14.5. The second-order valence-corrected chi connectivity index (χ2v) is 10.8. The fraction of sp³-hybridized carbons (Fsp3) is 0.0769. The lowest BCUT2D eigenvalue weighted by Gasteiger charge is -2.08. The monoisotopic (exact) mass is 528 g/mol. The number of sulfonamides is 1. The van der Waals surface area contributed by atoms with E-state index >= 15 is 0 Å². The Morgan fingerprint density at radius 1 is 1.03 bits per heavy atom. The van der Waals surface area contributed by atoms with Gasteiger partial charge in [-0.3, -0.25) is 10.1 Å². The number of fused-ring (bicyclic) bond motifs is 2. The van der Waals surface area contributed by atoms with Gasteiger partial charge in [-0.2, -0.15) is 5.10 Å². The Hall–Kier alpha value is -4.68. The molecule has 4 heterocycles. The molecule has 0 aliphatic rings. The van der Waals surface area contributed by atoms with Crippen molar-refractivity contribution < 1.29 is 12.8 Å². The summed E-state index contributed by atoms with van der Waals surface area (Å²) in [6, 6.07) is 13.9. The number of hydrogen-bond donors (Lipinski definition) is 4. The minimum atomic E-state index is -3.43. The van der Waals surface area contributed by atoms with Gasteiger partial charge in [0.05, 0.1) is 23.0 Å². The number of nitrogens with two attached hydrogens (primary N) is 1. The summed E-state index contributed by atoms with van der Waals surface area (Å²) >= 11 is 0. The van der Waals surface area contributed by atoms with Gasteiger partial charge < -0.3 is 10.7 Å². The molecule has 6 aromatic rings. The summed E-state index contributed by atoms with van der Waals surface area (Å²) in [6.07, 6.45) is 5.98. The van der Waals surface area contributed by atoms with Gasteiger partial charge in [0.2, 0.25) is 10.0 Å². The van der Waals surface area contributed by atoms with E-state index in [4.69, 9.17) is 5.73 Å². The van der Waals surface area contributed by atoms with Crippen LogP contribution in [0.3, 0.4) is 0 Å². The highest BCUT2D eigenvalue weighted by atomic mass is 32.2. The zero-order valence-electron chi connectivity index (χ0n) is 20.0. The van der Waals surface area contributed by atoms with E-state index < -0.39 is 15.8 Å². The molecule has 0 saturated heterocycles. The van der Waals surface area contributed by atoms with E-state index in [1.165, 1.54) is 12.1 Å². The van der Waals surface area contributed by atoms with Gasteiger partial charge in [-0.25, -0.2) is 27.5 Å². The van der Waals surface area contributed by atoms with E-state index in [9.17, 15) is 12.8 Å². The quantitative estimate of drug-likeness (QED) is 0.255. The van der Waals surface area contributed by atoms with Crippen LogP contribution in [0.4, 0.5) is 10.1 Å². The Morgan fingerprint density at radius 2 is 1.89 bits per heavy atom. The summed E-state index contributed by atoms with van der Waals surface area (Å²) in [7, 11) is -3.43. The van der Waals surface area contributed by atoms with Crippen molar-refractivity contribution in [2.75, 3.05) is 12.0 Å². The number of rotatable bonds is 6. The maximum absolute atomic E-state index is 14.5. The number of pyridine rings is 2. The van der Waals surface area contributed by atoms with Crippen molar-refractivity contribution >= 4 is 37.8 Å². The Kier molecular flexibility index (Phi) is 5.62. The number of aromatic nitrogens is 6. The average molecular weight is 529 g/mol. The van der Waals surface area contributed by atoms with Crippen LogP contribution < -0.4 is 10.5 Å². The third-order valence-electron chi connectivity index (χ3n) is 6.08. The van der Waals surface area contributed by atoms with E-state index in [-0.39, 0.29) is 6.54 Å². The van der Waals surface area contributed by atoms with Crippen molar-refractivity contribution in [2.45, 2.75) is 6.54 Å². The number of aromatic amines is 2. The minimum absolute atomic E-state index is 0.0315. The topological polar surface area (TPSA) is 155 Å². The van der Waals surface area contributed by atoms with Gasteiger partial charge in [0, 0.05) is 41.6 Å². The van der Waals surface area contributed by atoms with E-state index in [1.54, 1.807) is 30.7 Å². The maximum Gasteiger partial charge on any atom is 0.209 e. The Balaban J connectivity index is 1.43. The molecule has 190 valence electrons. The molecule has 0 unspecified atom stereocenters. The molecule has 0 aliphatic heterocycles. The highest BCUT2D eigenvalue weighted by molar-refractivity contribution is 7.88. The van der Waals surface area contributed by atoms with Crippen LogP contribution in [0, 0.1) is 5.82 Å². The number of benzene rings is 2. The summed E-state index contributed by atoms with van der Waals surface area (Å²) in [5, 5.41) is 8.35. The van der Waals surface area contributed by atoms with Crippen LogP contribution in [0.15, 0.2) is 67.1 Å². The predicted molar refractivity (Wildman–Crippen MR) is 144 cm³/mol. The first-order valence-electron chi connectivity index (χ1n) is 11.5. The van der Waals surface area contributed by atoms with Gasteiger partial charge in [-0.05, 0) is 59.2 Å². The number of nitrogens with one attached hydrogen (secondary N) is 3. The molecule has 0 spiro atoms. The number of anilines is 1. The number of H-pyrrole nitrogens is 2. The summed E-state index contributed by atoms with van der Waals surface area (Å²) in [4.78, 5) is 16.5. The summed E-state index contributed by atoms with van der Waals surface area (Å²) in [5.74, 6) is 0.00350. The molecule has 0 atom stereocenters. The molecule has 0 saturated carbocycles. The first-order chi connectivity index (χ1) is 18.2. The first-order valence-corrected chi connectivity index (χ1v) is 13.4. The van der Waals surface area contributed by atoms with E-state index in [1.807, 2.05) is 24.3 Å². The van der Waals surface area contributed by atoms with Crippen LogP contribution in [0.2, 0.25) is 0 Å². The lowest BCUT2D eigenvalue weighted by molar-refractivity contribution is 0.586. The lowest BCUT2D eigenvalue weighted by Crippen LogP contribution is -2.21. The summed E-state index contributed by atoms with van der Waals surface area (Å²) < 4.78 is 39.9. The van der Waals surface area contributed by atoms with E-state index in [2.05, 4.69) is 34.9 Å². The summed E-state index contributed by atoms with van der Waals surface area (Å²) in [6.45, 7) is -0.0315. The number of imidazole rings is 1. The normalized spacial score (nSPS) is 11.9. The number of halogens is 1. The molecule has 12 heteroatoms. The molecule has 38 heavy (non-hydrogen) atoms. The molecule has 0 bridgehead atoms. The SMILES string of the molecule is CS(=O)(=O)NCc1cc(F)cc(-c2ccnc3nc(-c4n[nH]c5ccc(-c6cncc(N)c6)cc45)[nH]c23)c1. The molecule has 0 fully saturated rings. The molecule has 5 N–H and O–H groups in total. The van der Waals surface area contributed by atoms with Crippen molar-refractivity contribution in [2.24, 2.45) is 0 Å². The molecular formula is C26H21FN8O2S. The van der Waals surface area contributed by atoms with Crippen molar-refractivity contribution in [1.82, 2.24) is 34.9 Å². The highest BCUT2D eigenvalue weighted by Gasteiger charge is 2.17. The Labute approximate surface area is 216 Å². The van der Waals surface area contributed by atoms with Crippen LogP contribution in [-0.2, 0) is 16.6 Å². The van der Waals surface area contributed by atoms with Gasteiger partial charge in [0.1, 0.15) is 11.5 Å². The standard InChI is InChI=1S/C26H21FN8O2S/c1-38(36,37)31-11-14-6-16(8-18(27)7-14)20-4-5-30-25-23(20)32-26(33-25)24-21-10-15(2-3-22(21)34-35-24)17-9-19(28)13-29-12-17/h2-10,12-13,31H,11,28H2,1H3,(H,34,35)(H,30,32,33). The Morgan fingerprint density at radius 3 is 2.71 bits per heavy atom. The molecule has 2 aromatic carbocycles. The van der Waals surface area contributed by atoms with Crippen LogP contribution in [-0.4, -0.2) is 44.8 Å². The Bertz CT molecular complexity index is 1950. The third kappa shape index (κ3) is 4.58. The fourth-order valence-corrected chi connectivity index (χ4v) is 4.80. The molecule has 0 amide bonds. The zero-order chi connectivity index (χ0) is 26.4. The van der Waals surface area contributed by atoms with Crippen molar-refractivity contribution in [3.05, 3.63) is 78.5 Å². The molecule has 10 nitrogen and oxygen atoms in total. The van der Waals surface area contributed by atoms with Crippen LogP contribution in [0.25, 0.3) is 55.8 Å². The third-order valence-corrected chi connectivity index (χ3v) is 6.75. The summed E-state index contributed by atoms with van der Waals surface area (Å²) in [5.41, 5.74) is 12.4. The molecule has 4 aromatic heterocycles. The first kappa shape index (κ1) is 23.7. The second kappa shape index (κ2) is 9.01. The largest absolute Gasteiger partial charge is 0.397 e. The second-order valence-electron chi connectivity index (χ2n) is 8.92. The van der Waals surface area contributed by atoms with Gasteiger partial charge in [-0.1, -0.05) is 6.07 Å². The lowest BCUT2D eigenvalue weighted by atomic mass is 10.0. The van der Waals surface area contributed by atoms with Crippen molar-refractivity contribution in [3.63, 3.8) is 0 Å². The van der Waals surface area contributed by atoms with Gasteiger partial charge >= 0.3 is 0 Å². The zero-order valence-corrected chi connectivity index (χ0v) is 20.8. The van der Waals surface area contributed by atoms with Crippen LogP contribution in [0.5, 0.6) is 0 Å². The minimum Gasteiger partial charge on any atom is -0.397 e. The van der Waals surface area contributed by atoms with Gasteiger partial charge in [0.25, 0.3) is 0 Å². The smallest absolute Gasteiger partial charge is 0.209 e. The van der Waals surface area contributed by atoms with Crippen molar-refractivity contribution in [3.8, 4) is 33.8 Å². The molecule has 6 rings (SSSR count). The fourth-order valence-electron chi connectivity index (χ4n) is 4.38. The van der Waals surface area contributed by atoms with E-state index in [0.29, 0.717) is 45.1 Å². The van der Waals surface area contributed by atoms with E-state index in [0.717, 1.165) is 28.3 Å². The number of nitrogen functional groups attached to an aromatic ring is 1. The van der Waals surface area contributed by atoms with Gasteiger partial charge in [-0.15, -0.1) is 0 Å². The number of nitrogens with zero attached hydrogens (tertiary/aromatic N) is 4. The van der Waals surface area contributed by atoms with Crippen LogP contribution in [0.1, 0.15) is 5.56 Å². The average Bonchev–Trinajstić information content (AvgIpc) is 3.50. The highest BCUT2D eigenvalue weighted by Crippen LogP contribution is 2.33. The van der Waals surface area contributed by atoms with Gasteiger partial charge in [0.15, 0.2) is 11.5 Å². The number of hydrogen-bond acceptors (Lipinski definition) is 7. The predicted octanol–water partition coefficient (Wildman–Crippen LogP) is 4.00. The molecular weight excluding hydrogens is 507 g/mol. The molecule has 0 aliphatic carbocycles. The van der Waals surface area contributed by atoms with Crippen LogP contribution >= 0.6 is 0 Å². The molecule has 0 radical (unpaired) electrons. The van der Waals surface area contributed by atoms with Crippen molar-refractivity contribution in [1.29, 1.82) is 0 Å².